The topological polar surface area (TPSA) is 78.6 Å². The van der Waals surface area contributed by atoms with Crippen molar-refractivity contribution in [2.75, 3.05) is 26.7 Å². The SMILES string of the molecule is CN1CC=C(O)C1=O.c1cc(C2CCCNC2)no1. The van der Waals surface area contributed by atoms with Gasteiger partial charge in [-0.25, -0.2) is 0 Å². The number of likely N-dealkylation sites (N-methyl/N-ethyl adjacent to an activating group) is 1. The average molecular weight is 265 g/mol. The minimum absolute atomic E-state index is 0.132. The molecule has 1 aromatic heterocycles. The van der Waals surface area contributed by atoms with Crippen molar-refractivity contribution in [1.82, 2.24) is 15.4 Å². The van der Waals surface area contributed by atoms with E-state index in [-0.39, 0.29) is 11.7 Å². The highest BCUT2D eigenvalue weighted by molar-refractivity contribution is 5.93. The molecule has 0 aromatic carbocycles. The van der Waals surface area contributed by atoms with E-state index < -0.39 is 0 Å². The maximum Gasteiger partial charge on any atom is 0.288 e. The Morgan fingerprint density at radius 3 is 2.84 bits per heavy atom. The van der Waals surface area contributed by atoms with Gasteiger partial charge in [-0.15, -0.1) is 0 Å². The first-order valence-electron chi connectivity index (χ1n) is 6.44. The van der Waals surface area contributed by atoms with Gasteiger partial charge < -0.3 is 19.8 Å². The first-order valence-corrected chi connectivity index (χ1v) is 6.44. The summed E-state index contributed by atoms with van der Waals surface area (Å²) in [7, 11) is 1.64. The molecule has 1 amide bonds. The van der Waals surface area contributed by atoms with Crippen LogP contribution in [0.4, 0.5) is 0 Å². The van der Waals surface area contributed by atoms with Gasteiger partial charge in [0.15, 0.2) is 5.76 Å². The summed E-state index contributed by atoms with van der Waals surface area (Å²) in [5.74, 6) is 0.153. The smallest absolute Gasteiger partial charge is 0.288 e. The predicted molar refractivity (Wildman–Crippen MR) is 69.7 cm³/mol. The first-order chi connectivity index (χ1) is 9.18. The van der Waals surface area contributed by atoms with Gasteiger partial charge in [0, 0.05) is 32.1 Å². The highest BCUT2D eigenvalue weighted by Gasteiger charge is 2.18. The van der Waals surface area contributed by atoms with E-state index in [9.17, 15) is 4.79 Å². The summed E-state index contributed by atoms with van der Waals surface area (Å²) in [5, 5.41) is 15.9. The number of hydrogen-bond acceptors (Lipinski definition) is 5. The van der Waals surface area contributed by atoms with Gasteiger partial charge in [-0.3, -0.25) is 4.79 Å². The Hall–Kier alpha value is -1.82. The van der Waals surface area contributed by atoms with E-state index in [0.717, 1.165) is 18.8 Å². The van der Waals surface area contributed by atoms with Crippen LogP contribution in [0.3, 0.4) is 0 Å². The number of aromatic nitrogens is 1. The Kier molecular flexibility index (Phi) is 4.57. The van der Waals surface area contributed by atoms with E-state index >= 15 is 0 Å². The van der Waals surface area contributed by atoms with Gasteiger partial charge in [-0.2, -0.15) is 0 Å². The lowest BCUT2D eigenvalue weighted by molar-refractivity contribution is -0.126. The van der Waals surface area contributed by atoms with Crippen molar-refractivity contribution >= 4 is 5.91 Å². The third kappa shape index (κ3) is 3.57. The number of aliphatic hydroxyl groups excluding tert-OH is 1. The molecule has 1 aromatic rings. The van der Waals surface area contributed by atoms with E-state index in [1.54, 1.807) is 13.3 Å². The van der Waals surface area contributed by atoms with Gasteiger partial charge in [0.05, 0.1) is 5.69 Å². The number of hydrogen-bond donors (Lipinski definition) is 2. The number of carbonyl (C=O) groups excluding carboxylic acids is 1. The van der Waals surface area contributed by atoms with Gasteiger partial charge in [-0.05, 0) is 25.5 Å². The van der Waals surface area contributed by atoms with Crippen LogP contribution in [0.2, 0.25) is 0 Å². The minimum Gasteiger partial charge on any atom is -0.503 e. The molecule has 1 atom stereocenters. The maximum atomic E-state index is 10.5. The van der Waals surface area contributed by atoms with Crippen molar-refractivity contribution in [3.63, 3.8) is 0 Å². The number of nitrogens with zero attached hydrogens (tertiary/aromatic N) is 2. The molecule has 104 valence electrons. The molecular weight excluding hydrogens is 246 g/mol. The minimum atomic E-state index is -0.287. The Bertz CT molecular complexity index is 436. The number of rotatable bonds is 1. The van der Waals surface area contributed by atoms with Gasteiger partial charge in [-0.1, -0.05) is 5.16 Å². The lowest BCUT2D eigenvalue weighted by atomic mass is 9.97. The second-order valence-corrected chi connectivity index (χ2v) is 4.74. The lowest BCUT2D eigenvalue weighted by Crippen LogP contribution is -2.28. The number of carbonyl (C=O) groups is 1. The third-order valence-electron chi connectivity index (χ3n) is 3.30. The van der Waals surface area contributed by atoms with Crippen LogP contribution in [0, 0.1) is 0 Å². The van der Waals surface area contributed by atoms with Gasteiger partial charge in [0.2, 0.25) is 0 Å². The standard InChI is InChI=1S/C8H12N2O.C5H7NO2/c1-2-7(6-9-4-1)8-3-5-11-10-8;1-6-3-2-4(7)5(6)8/h3,5,7,9H,1-2,4,6H2;2,7H,3H2,1H3. The molecule has 0 radical (unpaired) electrons. The number of aliphatic hydroxyl groups is 1. The summed E-state index contributed by atoms with van der Waals surface area (Å²) in [6, 6.07) is 1.96. The normalized spacial score (nSPS) is 22.8. The van der Waals surface area contributed by atoms with Gasteiger partial charge >= 0.3 is 0 Å². The second-order valence-electron chi connectivity index (χ2n) is 4.74. The van der Waals surface area contributed by atoms with Crippen LogP contribution in [0.1, 0.15) is 24.5 Å². The number of piperidine rings is 1. The van der Waals surface area contributed by atoms with Crippen molar-refractivity contribution in [1.29, 1.82) is 0 Å². The second kappa shape index (κ2) is 6.38. The zero-order valence-electron chi connectivity index (χ0n) is 11.0. The third-order valence-corrected chi connectivity index (χ3v) is 3.30. The first kappa shape index (κ1) is 13.6. The molecule has 3 heterocycles. The lowest BCUT2D eigenvalue weighted by Gasteiger charge is -2.19. The molecule has 3 rings (SSSR count). The molecule has 0 aliphatic carbocycles. The molecule has 1 fully saturated rings. The maximum absolute atomic E-state index is 10.5. The van der Waals surface area contributed by atoms with Crippen LogP contribution in [-0.2, 0) is 4.79 Å². The van der Waals surface area contributed by atoms with Crippen LogP contribution in [-0.4, -0.2) is 47.8 Å². The Balaban J connectivity index is 0.000000148. The van der Waals surface area contributed by atoms with E-state index in [4.69, 9.17) is 9.63 Å². The molecule has 1 saturated heterocycles. The average Bonchev–Trinajstić information content (AvgIpc) is 3.07. The fourth-order valence-electron chi connectivity index (χ4n) is 2.13. The van der Waals surface area contributed by atoms with Crippen molar-refractivity contribution in [2.45, 2.75) is 18.8 Å². The van der Waals surface area contributed by atoms with Gasteiger partial charge in [0.1, 0.15) is 6.26 Å². The zero-order valence-corrected chi connectivity index (χ0v) is 11.0. The van der Waals surface area contributed by atoms with E-state index in [1.807, 2.05) is 6.07 Å². The monoisotopic (exact) mass is 265 g/mol. The molecule has 2 aliphatic heterocycles. The van der Waals surface area contributed by atoms with Crippen molar-refractivity contribution in [3.8, 4) is 0 Å². The zero-order chi connectivity index (χ0) is 13.7. The highest BCUT2D eigenvalue weighted by Crippen LogP contribution is 2.20. The molecule has 0 saturated carbocycles. The molecule has 19 heavy (non-hydrogen) atoms. The summed E-state index contributed by atoms with van der Waals surface area (Å²) in [6.07, 6.45) is 5.61. The van der Waals surface area contributed by atoms with Crippen molar-refractivity contribution in [3.05, 3.63) is 29.9 Å². The highest BCUT2D eigenvalue weighted by atomic mass is 16.5. The summed E-state index contributed by atoms with van der Waals surface area (Å²) in [5.41, 5.74) is 1.09. The van der Waals surface area contributed by atoms with E-state index in [0.29, 0.717) is 12.5 Å². The fourth-order valence-corrected chi connectivity index (χ4v) is 2.13. The molecule has 6 heteroatoms. The summed E-state index contributed by atoms with van der Waals surface area (Å²) < 4.78 is 4.79. The van der Waals surface area contributed by atoms with Crippen molar-refractivity contribution < 1.29 is 14.4 Å². The summed E-state index contributed by atoms with van der Waals surface area (Å²) >= 11 is 0. The molecule has 2 N–H and O–H groups in total. The van der Waals surface area contributed by atoms with Crippen LogP contribution in [0.25, 0.3) is 0 Å². The van der Waals surface area contributed by atoms with E-state index in [1.165, 1.54) is 23.8 Å². The largest absolute Gasteiger partial charge is 0.503 e. The Morgan fingerprint density at radius 2 is 2.42 bits per heavy atom. The number of nitrogens with one attached hydrogen (secondary N) is 1. The van der Waals surface area contributed by atoms with Gasteiger partial charge in [0.25, 0.3) is 5.91 Å². The Morgan fingerprint density at radius 1 is 1.58 bits per heavy atom. The van der Waals surface area contributed by atoms with Crippen LogP contribution < -0.4 is 5.32 Å². The molecule has 0 bridgehead atoms. The molecular formula is C13H19N3O3. The fraction of sp³-hybridized carbons (Fsp3) is 0.538. The van der Waals surface area contributed by atoms with Crippen LogP contribution in [0.5, 0.6) is 0 Å². The molecule has 0 spiro atoms. The number of amides is 1. The van der Waals surface area contributed by atoms with Crippen LogP contribution in [0.15, 0.2) is 28.7 Å². The predicted octanol–water partition coefficient (Wildman–Crippen LogP) is 1.04. The summed E-state index contributed by atoms with van der Waals surface area (Å²) in [4.78, 5) is 12.0. The Labute approximate surface area is 112 Å². The molecule has 2 aliphatic rings. The summed E-state index contributed by atoms with van der Waals surface area (Å²) in [6.45, 7) is 2.73. The van der Waals surface area contributed by atoms with Crippen molar-refractivity contribution in [2.24, 2.45) is 0 Å². The quantitative estimate of drug-likeness (QED) is 0.793. The van der Waals surface area contributed by atoms with Crippen LogP contribution >= 0.6 is 0 Å². The van der Waals surface area contributed by atoms with E-state index in [2.05, 4.69) is 10.5 Å². The molecule has 6 nitrogen and oxygen atoms in total. The molecule has 1 unspecified atom stereocenters.